The monoisotopic (exact) mass is 247 g/mol. The number of oxime groups is 1. The second-order valence-corrected chi connectivity index (χ2v) is 4.55. The van der Waals surface area contributed by atoms with Gasteiger partial charge in [-0.1, -0.05) is 49.2 Å². The highest BCUT2D eigenvalue weighted by molar-refractivity contribution is 5.98. The average molecular weight is 247 g/mol. The van der Waals surface area contributed by atoms with Crippen LogP contribution in [0, 0.1) is 0 Å². The summed E-state index contributed by atoms with van der Waals surface area (Å²) in [6.45, 7) is 3.87. The second kappa shape index (κ2) is 7.64. The van der Waals surface area contributed by atoms with Crippen LogP contribution >= 0.6 is 0 Å². The van der Waals surface area contributed by atoms with E-state index in [9.17, 15) is 4.79 Å². The molecule has 0 atom stereocenters. The Morgan fingerprint density at radius 1 is 1.22 bits per heavy atom. The predicted octanol–water partition coefficient (Wildman–Crippen LogP) is 3.58. The first-order valence-electron chi connectivity index (χ1n) is 6.47. The van der Waals surface area contributed by atoms with Gasteiger partial charge in [-0.05, 0) is 24.5 Å². The quantitative estimate of drug-likeness (QED) is 0.346. The molecule has 0 radical (unpaired) electrons. The van der Waals surface area contributed by atoms with Gasteiger partial charge in [0.1, 0.15) is 5.78 Å². The Hall–Kier alpha value is -1.64. The SMILES string of the molecule is CCCCCC(=O)Cc1ccc(/C(C)=N\O)cc1. The Kier molecular flexibility index (Phi) is 6.12. The highest BCUT2D eigenvalue weighted by atomic mass is 16.4. The average Bonchev–Trinajstić information content (AvgIpc) is 2.39. The van der Waals surface area contributed by atoms with Crippen molar-refractivity contribution in [1.82, 2.24) is 0 Å². The van der Waals surface area contributed by atoms with E-state index in [4.69, 9.17) is 5.21 Å². The first-order valence-corrected chi connectivity index (χ1v) is 6.47. The molecule has 0 amide bonds. The minimum Gasteiger partial charge on any atom is -0.411 e. The Bertz CT molecular complexity index is 407. The van der Waals surface area contributed by atoms with Gasteiger partial charge in [0.05, 0.1) is 5.71 Å². The summed E-state index contributed by atoms with van der Waals surface area (Å²) in [6.07, 6.45) is 4.42. The number of rotatable bonds is 7. The highest BCUT2D eigenvalue weighted by Gasteiger charge is 2.04. The van der Waals surface area contributed by atoms with Crippen molar-refractivity contribution < 1.29 is 10.0 Å². The zero-order valence-corrected chi connectivity index (χ0v) is 11.1. The van der Waals surface area contributed by atoms with Crippen molar-refractivity contribution in [3.8, 4) is 0 Å². The summed E-state index contributed by atoms with van der Waals surface area (Å²) in [5, 5.41) is 11.8. The van der Waals surface area contributed by atoms with E-state index in [1.807, 2.05) is 24.3 Å². The van der Waals surface area contributed by atoms with Crippen molar-refractivity contribution in [2.75, 3.05) is 0 Å². The van der Waals surface area contributed by atoms with Crippen molar-refractivity contribution in [2.24, 2.45) is 5.16 Å². The van der Waals surface area contributed by atoms with E-state index in [1.165, 1.54) is 0 Å². The molecule has 98 valence electrons. The molecule has 3 nitrogen and oxygen atoms in total. The van der Waals surface area contributed by atoms with Gasteiger partial charge in [-0.2, -0.15) is 0 Å². The normalized spacial score (nSPS) is 11.6. The largest absolute Gasteiger partial charge is 0.411 e. The van der Waals surface area contributed by atoms with Gasteiger partial charge in [0.15, 0.2) is 0 Å². The molecule has 18 heavy (non-hydrogen) atoms. The number of Topliss-reactive ketones (excluding diaryl/α,β-unsaturated/α-hetero) is 1. The molecule has 0 aliphatic rings. The van der Waals surface area contributed by atoms with Crippen LogP contribution in [0.25, 0.3) is 0 Å². The van der Waals surface area contributed by atoms with E-state index < -0.39 is 0 Å². The minimum atomic E-state index is 0.295. The lowest BCUT2D eigenvalue weighted by molar-refractivity contribution is -0.118. The van der Waals surface area contributed by atoms with Crippen LogP contribution < -0.4 is 0 Å². The summed E-state index contributed by atoms with van der Waals surface area (Å²) in [5.74, 6) is 0.295. The first kappa shape index (κ1) is 14.4. The third kappa shape index (κ3) is 4.70. The van der Waals surface area contributed by atoms with Crippen molar-refractivity contribution in [3.05, 3.63) is 35.4 Å². The van der Waals surface area contributed by atoms with Gasteiger partial charge in [-0.15, -0.1) is 0 Å². The van der Waals surface area contributed by atoms with E-state index in [0.29, 0.717) is 24.3 Å². The van der Waals surface area contributed by atoms with Crippen molar-refractivity contribution in [3.63, 3.8) is 0 Å². The molecule has 0 spiro atoms. The van der Waals surface area contributed by atoms with Crippen LogP contribution in [0.5, 0.6) is 0 Å². The summed E-state index contributed by atoms with van der Waals surface area (Å²) < 4.78 is 0. The van der Waals surface area contributed by atoms with Gasteiger partial charge < -0.3 is 5.21 Å². The standard InChI is InChI=1S/C15H21NO2/c1-3-4-5-6-15(17)11-13-7-9-14(10-8-13)12(2)16-18/h7-10,18H,3-6,11H2,1-2H3/b16-12-. The Morgan fingerprint density at radius 2 is 1.89 bits per heavy atom. The summed E-state index contributed by atoms with van der Waals surface area (Å²) >= 11 is 0. The third-order valence-corrected chi connectivity index (χ3v) is 2.98. The molecule has 0 aliphatic carbocycles. The first-order chi connectivity index (χ1) is 8.67. The fraction of sp³-hybridized carbons (Fsp3) is 0.467. The van der Waals surface area contributed by atoms with E-state index in [-0.39, 0.29) is 0 Å². The molecule has 0 aromatic heterocycles. The second-order valence-electron chi connectivity index (χ2n) is 4.55. The molecule has 1 aromatic carbocycles. The fourth-order valence-corrected chi connectivity index (χ4v) is 1.81. The fourth-order valence-electron chi connectivity index (χ4n) is 1.81. The highest BCUT2D eigenvalue weighted by Crippen LogP contribution is 2.09. The number of hydrogen-bond acceptors (Lipinski definition) is 3. The zero-order chi connectivity index (χ0) is 13.4. The summed E-state index contributed by atoms with van der Waals surface area (Å²) in [4.78, 5) is 11.7. The number of carbonyl (C=O) groups excluding carboxylic acids is 1. The lowest BCUT2D eigenvalue weighted by Crippen LogP contribution is -2.03. The van der Waals surface area contributed by atoms with Crippen LogP contribution in [-0.2, 0) is 11.2 Å². The van der Waals surface area contributed by atoms with Crippen LogP contribution in [0.4, 0.5) is 0 Å². The zero-order valence-electron chi connectivity index (χ0n) is 11.1. The summed E-state index contributed by atoms with van der Waals surface area (Å²) in [7, 11) is 0. The molecule has 0 fully saturated rings. The van der Waals surface area contributed by atoms with E-state index in [0.717, 1.165) is 30.4 Å². The molecule has 1 rings (SSSR count). The molecule has 1 N–H and O–H groups in total. The predicted molar refractivity (Wildman–Crippen MR) is 73.3 cm³/mol. The van der Waals surface area contributed by atoms with Crippen molar-refractivity contribution in [1.29, 1.82) is 0 Å². The molecule has 0 saturated carbocycles. The molecule has 0 saturated heterocycles. The van der Waals surface area contributed by atoms with E-state index in [2.05, 4.69) is 12.1 Å². The maximum atomic E-state index is 11.7. The molecule has 0 bridgehead atoms. The van der Waals surface area contributed by atoms with Crippen LogP contribution in [0.2, 0.25) is 0 Å². The lowest BCUT2D eigenvalue weighted by atomic mass is 10.0. The number of nitrogens with zero attached hydrogens (tertiary/aromatic N) is 1. The Morgan fingerprint density at radius 3 is 2.44 bits per heavy atom. The maximum absolute atomic E-state index is 11.7. The van der Waals surface area contributed by atoms with Gasteiger partial charge in [0, 0.05) is 12.8 Å². The summed E-state index contributed by atoms with van der Waals surface area (Å²) in [6, 6.07) is 7.59. The molecule has 0 unspecified atom stereocenters. The smallest absolute Gasteiger partial charge is 0.137 e. The number of hydrogen-bond donors (Lipinski definition) is 1. The van der Waals surface area contributed by atoms with Crippen molar-refractivity contribution >= 4 is 11.5 Å². The summed E-state index contributed by atoms with van der Waals surface area (Å²) in [5.41, 5.74) is 2.47. The van der Waals surface area contributed by atoms with E-state index in [1.54, 1.807) is 6.92 Å². The third-order valence-electron chi connectivity index (χ3n) is 2.98. The van der Waals surface area contributed by atoms with E-state index >= 15 is 0 Å². The van der Waals surface area contributed by atoms with Gasteiger partial charge in [0.2, 0.25) is 0 Å². The van der Waals surface area contributed by atoms with Gasteiger partial charge in [-0.3, -0.25) is 4.79 Å². The minimum absolute atomic E-state index is 0.295. The maximum Gasteiger partial charge on any atom is 0.137 e. The Balaban J connectivity index is 2.51. The number of carbonyl (C=O) groups is 1. The Labute approximate surface area is 109 Å². The van der Waals surface area contributed by atoms with Gasteiger partial charge in [-0.25, -0.2) is 0 Å². The van der Waals surface area contributed by atoms with Gasteiger partial charge in [0.25, 0.3) is 0 Å². The van der Waals surface area contributed by atoms with Crippen molar-refractivity contribution in [2.45, 2.75) is 46.0 Å². The van der Waals surface area contributed by atoms with Crippen LogP contribution in [-0.4, -0.2) is 16.7 Å². The molecule has 0 aliphatic heterocycles. The molecule has 1 aromatic rings. The molecular weight excluding hydrogens is 226 g/mol. The molecule has 0 heterocycles. The number of benzene rings is 1. The lowest BCUT2D eigenvalue weighted by Gasteiger charge is -2.03. The number of ketones is 1. The van der Waals surface area contributed by atoms with Gasteiger partial charge >= 0.3 is 0 Å². The number of unbranched alkanes of at least 4 members (excludes halogenated alkanes) is 2. The topological polar surface area (TPSA) is 49.7 Å². The van der Waals surface area contributed by atoms with Crippen LogP contribution in [0.15, 0.2) is 29.4 Å². The van der Waals surface area contributed by atoms with Crippen LogP contribution in [0.1, 0.15) is 50.7 Å². The van der Waals surface area contributed by atoms with Crippen LogP contribution in [0.3, 0.4) is 0 Å². The molecule has 3 heteroatoms. The molecular formula is C15H21NO2.